The van der Waals surface area contributed by atoms with Crippen LogP contribution in [0, 0.1) is 11.7 Å². The number of benzene rings is 1. The van der Waals surface area contributed by atoms with Crippen molar-refractivity contribution in [2.45, 2.75) is 44.7 Å². The van der Waals surface area contributed by atoms with Gasteiger partial charge in [-0.1, -0.05) is 12.1 Å². The van der Waals surface area contributed by atoms with Crippen molar-refractivity contribution in [1.82, 2.24) is 0 Å². The van der Waals surface area contributed by atoms with Gasteiger partial charge in [0.25, 0.3) is 0 Å². The van der Waals surface area contributed by atoms with Gasteiger partial charge in [0, 0.05) is 0 Å². The predicted molar refractivity (Wildman–Crippen MR) is 61.6 cm³/mol. The maximum atomic E-state index is 12.9. The average molecular weight is 224 g/mol. The van der Waals surface area contributed by atoms with E-state index < -0.39 is 6.17 Å². The molecule has 0 radical (unpaired) electrons. The van der Waals surface area contributed by atoms with Crippen LogP contribution in [0.5, 0.6) is 0 Å². The summed E-state index contributed by atoms with van der Waals surface area (Å²) in [4.78, 5) is 0. The molecule has 2 heteroatoms. The molecule has 1 fully saturated rings. The molecule has 1 aliphatic rings. The Hall–Kier alpha value is -0.920. The number of hydrogen-bond acceptors (Lipinski definition) is 0. The predicted octanol–water partition coefficient (Wildman–Crippen LogP) is 4.29. The molecule has 0 aromatic heterocycles. The van der Waals surface area contributed by atoms with E-state index in [9.17, 15) is 8.78 Å². The van der Waals surface area contributed by atoms with Crippen LogP contribution >= 0.6 is 0 Å². The van der Waals surface area contributed by atoms with E-state index in [2.05, 4.69) is 0 Å². The molecular formula is C14H18F2. The highest BCUT2D eigenvalue weighted by Gasteiger charge is 2.20. The zero-order valence-corrected chi connectivity index (χ0v) is 9.46. The molecule has 0 amide bonds. The summed E-state index contributed by atoms with van der Waals surface area (Å²) in [6, 6.07) is 6.78. The number of hydrogen-bond donors (Lipinski definition) is 0. The summed E-state index contributed by atoms with van der Waals surface area (Å²) in [7, 11) is 0. The first-order chi connectivity index (χ1) is 7.74. The monoisotopic (exact) mass is 224 g/mol. The van der Waals surface area contributed by atoms with Crippen LogP contribution in [-0.4, -0.2) is 6.17 Å². The Bertz CT molecular complexity index is 327. The molecule has 0 heterocycles. The molecule has 0 bridgehead atoms. The van der Waals surface area contributed by atoms with Crippen molar-refractivity contribution in [2.75, 3.05) is 0 Å². The molecule has 0 spiro atoms. The maximum Gasteiger partial charge on any atom is 0.123 e. The summed E-state index contributed by atoms with van der Waals surface area (Å²) in [5, 5.41) is 0. The first-order valence-electron chi connectivity index (χ1n) is 6.12. The van der Waals surface area contributed by atoms with Gasteiger partial charge in [-0.3, -0.25) is 0 Å². The molecule has 16 heavy (non-hydrogen) atoms. The van der Waals surface area contributed by atoms with E-state index in [4.69, 9.17) is 0 Å². The lowest BCUT2D eigenvalue weighted by Crippen LogP contribution is -2.15. The summed E-state index contributed by atoms with van der Waals surface area (Å²) < 4.78 is 25.9. The number of alkyl halides is 1. The second-order valence-corrected chi connectivity index (χ2v) is 4.79. The largest absolute Gasteiger partial charge is 0.247 e. The van der Waals surface area contributed by atoms with Crippen LogP contribution < -0.4 is 0 Å². The van der Waals surface area contributed by atoms with E-state index in [1.165, 1.54) is 6.07 Å². The van der Waals surface area contributed by atoms with Crippen LogP contribution in [-0.2, 0) is 6.42 Å². The van der Waals surface area contributed by atoms with E-state index in [1.54, 1.807) is 12.1 Å². The van der Waals surface area contributed by atoms with Gasteiger partial charge < -0.3 is 0 Å². The molecule has 0 N–H and O–H groups in total. The molecule has 0 saturated heterocycles. The third-order valence-electron chi connectivity index (χ3n) is 3.51. The fourth-order valence-corrected chi connectivity index (χ4v) is 2.47. The Balaban J connectivity index is 1.79. The van der Waals surface area contributed by atoms with Crippen molar-refractivity contribution < 1.29 is 8.78 Å². The van der Waals surface area contributed by atoms with Crippen molar-refractivity contribution in [3.63, 3.8) is 0 Å². The molecule has 0 nitrogen and oxygen atoms in total. The zero-order valence-electron chi connectivity index (χ0n) is 9.46. The Kier molecular flexibility index (Phi) is 3.92. The molecule has 88 valence electrons. The third-order valence-corrected chi connectivity index (χ3v) is 3.51. The van der Waals surface area contributed by atoms with Gasteiger partial charge in [0.2, 0.25) is 0 Å². The maximum absolute atomic E-state index is 12.9. The Morgan fingerprint density at radius 1 is 1.12 bits per heavy atom. The summed E-state index contributed by atoms with van der Waals surface area (Å²) in [6.07, 6.45) is 4.83. The normalized spacial score (nSPS) is 25.6. The molecule has 0 aliphatic heterocycles. The highest BCUT2D eigenvalue weighted by molar-refractivity contribution is 5.16. The van der Waals surface area contributed by atoms with E-state index in [0.29, 0.717) is 18.8 Å². The smallest absolute Gasteiger partial charge is 0.123 e. The van der Waals surface area contributed by atoms with E-state index in [-0.39, 0.29) is 5.82 Å². The van der Waals surface area contributed by atoms with Crippen LogP contribution in [0.15, 0.2) is 24.3 Å². The quantitative estimate of drug-likeness (QED) is 0.718. The van der Waals surface area contributed by atoms with Crippen LogP contribution in [0.4, 0.5) is 8.78 Å². The zero-order chi connectivity index (χ0) is 11.4. The number of aryl methyl sites for hydroxylation is 1. The van der Waals surface area contributed by atoms with E-state index >= 15 is 0 Å². The minimum atomic E-state index is -0.578. The minimum absolute atomic E-state index is 0.162. The molecule has 1 aliphatic carbocycles. The summed E-state index contributed by atoms with van der Waals surface area (Å²) >= 11 is 0. The number of halogens is 2. The first kappa shape index (κ1) is 11.6. The van der Waals surface area contributed by atoms with Crippen LogP contribution in [0.3, 0.4) is 0 Å². The summed E-state index contributed by atoms with van der Waals surface area (Å²) in [5.41, 5.74) is 1.06. The average Bonchev–Trinajstić information content (AvgIpc) is 2.28. The first-order valence-corrected chi connectivity index (χ1v) is 6.12. The second kappa shape index (κ2) is 5.42. The van der Waals surface area contributed by atoms with Crippen molar-refractivity contribution in [3.05, 3.63) is 35.6 Å². The van der Waals surface area contributed by atoms with Crippen LogP contribution in [0.25, 0.3) is 0 Å². The van der Waals surface area contributed by atoms with E-state index in [0.717, 1.165) is 31.2 Å². The summed E-state index contributed by atoms with van der Waals surface area (Å²) in [6.45, 7) is 0. The standard InChI is InChI=1S/C14H18F2/c15-13-8-6-11(7-9-13)4-5-12-2-1-3-14(16)10-12/h1-3,10-11,13H,4-9H2. The minimum Gasteiger partial charge on any atom is -0.247 e. The Labute approximate surface area is 95.7 Å². The lowest BCUT2D eigenvalue weighted by atomic mass is 9.84. The molecule has 0 unspecified atom stereocenters. The fraction of sp³-hybridized carbons (Fsp3) is 0.571. The SMILES string of the molecule is Fc1cccc(CCC2CCC(F)CC2)c1. The fourth-order valence-electron chi connectivity index (χ4n) is 2.47. The van der Waals surface area contributed by atoms with Crippen LogP contribution in [0.1, 0.15) is 37.7 Å². The summed E-state index contributed by atoms with van der Waals surface area (Å²) in [5.74, 6) is 0.472. The van der Waals surface area contributed by atoms with Gasteiger partial charge in [-0.15, -0.1) is 0 Å². The molecule has 2 rings (SSSR count). The van der Waals surface area contributed by atoms with Gasteiger partial charge in [0.15, 0.2) is 0 Å². The Morgan fingerprint density at radius 3 is 2.56 bits per heavy atom. The highest BCUT2D eigenvalue weighted by atomic mass is 19.1. The van der Waals surface area contributed by atoms with Gasteiger partial charge in [0.05, 0.1) is 0 Å². The molecule has 1 aromatic carbocycles. The van der Waals surface area contributed by atoms with Gasteiger partial charge in [-0.05, 0) is 62.1 Å². The Morgan fingerprint density at radius 2 is 1.88 bits per heavy atom. The topological polar surface area (TPSA) is 0 Å². The van der Waals surface area contributed by atoms with Crippen molar-refractivity contribution in [1.29, 1.82) is 0 Å². The second-order valence-electron chi connectivity index (χ2n) is 4.79. The van der Waals surface area contributed by atoms with Crippen molar-refractivity contribution in [2.24, 2.45) is 5.92 Å². The highest BCUT2D eigenvalue weighted by Crippen LogP contribution is 2.29. The van der Waals surface area contributed by atoms with Crippen LogP contribution in [0.2, 0.25) is 0 Å². The van der Waals surface area contributed by atoms with Crippen molar-refractivity contribution in [3.8, 4) is 0 Å². The van der Waals surface area contributed by atoms with Gasteiger partial charge in [0.1, 0.15) is 12.0 Å². The van der Waals surface area contributed by atoms with E-state index in [1.807, 2.05) is 6.07 Å². The van der Waals surface area contributed by atoms with Gasteiger partial charge in [-0.2, -0.15) is 0 Å². The van der Waals surface area contributed by atoms with Gasteiger partial charge >= 0.3 is 0 Å². The van der Waals surface area contributed by atoms with Gasteiger partial charge in [-0.25, -0.2) is 8.78 Å². The molecule has 1 aromatic rings. The third kappa shape index (κ3) is 3.29. The number of rotatable bonds is 3. The lowest BCUT2D eigenvalue weighted by Gasteiger charge is -2.24. The molecule has 0 atom stereocenters. The lowest BCUT2D eigenvalue weighted by molar-refractivity contribution is 0.201. The molecule has 1 saturated carbocycles. The van der Waals surface area contributed by atoms with Crippen molar-refractivity contribution >= 4 is 0 Å². The molecular weight excluding hydrogens is 206 g/mol.